The first-order chi connectivity index (χ1) is 6.10. The molecule has 13 heavy (non-hydrogen) atoms. The fourth-order valence-corrected chi connectivity index (χ4v) is 1.11. The van der Waals surface area contributed by atoms with Gasteiger partial charge in [0, 0.05) is 6.42 Å². The van der Waals surface area contributed by atoms with Gasteiger partial charge >= 0.3 is 0 Å². The molecular weight excluding hydrogens is 162 g/mol. The summed E-state index contributed by atoms with van der Waals surface area (Å²) in [6.07, 6.45) is 7.69. The van der Waals surface area contributed by atoms with E-state index in [0.717, 1.165) is 12.8 Å². The van der Waals surface area contributed by atoms with Gasteiger partial charge in [-0.2, -0.15) is 0 Å². The molecule has 0 saturated carbocycles. The predicted molar refractivity (Wildman–Crippen MR) is 55.1 cm³/mol. The zero-order valence-corrected chi connectivity index (χ0v) is 8.76. The molecule has 1 atom stereocenters. The summed E-state index contributed by atoms with van der Waals surface area (Å²) in [6, 6.07) is -0.0868. The van der Waals surface area contributed by atoms with Gasteiger partial charge in [0.15, 0.2) is 0 Å². The van der Waals surface area contributed by atoms with Crippen molar-refractivity contribution in [3.05, 3.63) is 0 Å². The van der Waals surface area contributed by atoms with Crippen LogP contribution in [0, 0.1) is 18.3 Å². The molecule has 0 fully saturated rings. The molecule has 0 bridgehead atoms. The standard InChI is InChI=1S/C11H19NO/c1-5-7-10(6-2)12-11(13)8-9(3)4/h2,9-10H,5,7-8H2,1,3-4H3,(H,12,13). The van der Waals surface area contributed by atoms with Gasteiger partial charge in [0.1, 0.15) is 0 Å². The van der Waals surface area contributed by atoms with Crippen molar-refractivity contribution in [3.63, 3.8) is 0 Å². The van der Waals surface area contributed by atoms with E-state index in [1.807, 2.05) is 13.8 Å². The van der Waals surface area contributed by atoms with Crippen molar-refractivity contribution < 1.29 is 4.79 Å². The SMILES string of the molecule is C#CC(CCC)NC(=O)CC(C)C. The smallest absolute Gasteiger partial charge is 0.221 e. The second-order valence-corrected chi connectivity index (χ2v) is 3.67. The minimum atomic E-state index is -0.0868. The van der Waals surface area contributed by atoms with Gasteiger partial charge in [-0.3, -0.25) is 4.79 Å². The lowest BCUT2D eigenvalue weighted by molar-refractivity contribution is -0.122. The van der Waals surface area contributed by atoms with Gasteiger partial charge in [0.2, 0.25) is 5.91 Å². The van der Waals surface area contributed by atoms with E-state index < -0.39 is 0 Å². The van der Waals surface area contributed by atoms with Gasteiger partial charge in [0.25, 0.3) is 0 Å². The molecule has 0 aliphatic rings. The minimum absolute atomic E-state index is 0.0615. The van der Waals surface area contributed by atoms with Crippen molar-refractivity contribution >= 4 is 5.91 Å². The highest BCUT2D eigenvalue weighted by molar-refractivity contribution is 5.76. The lowest BCUT2D eigenvalue weighted by Gasteiger charge is -2.12. The molecule has 2 nitrogen and oxygen atoms in total. The Hall–Kier alpha value is -0.970. The highest BCUT2D eigenvalue weighted by Crippen LogP contribution is 2.01. The molecule has 0 rings (SSSR count). The summed E-state index contributed by atoms with van der Waals surface area (Å²) in [4.78, 5) is 11.3. The van der Waals surface area contributed by atoms with Crippen molar-refractivity contribution in [1.82, 2.24) is 5.32 Å². The Morgan fingerprint density at radius 2 is 2.15 bits per heavy atom. The van der Waals surface area contributed by atoms with E-state index in [4.69, 9.17) is 6.42 Å². The third kappa shape index (κ3) is 6.21. The molecule has 0 radical (unpaired) electrons. The van der Waals surface area contributed by atoms with Crippen molar-refractivity contribution in [2.24, 2.45) is 5.92 Å². The maximum absolute atomic E-state index is 11.3. The molecule has 0 aromatic heterocycles. The molecule has 1 unspecified atom stereocenters. The first-order valence-electron chi connectivity index (χ1n) is 4.85. The number of terminal acetylenes is 1. The zero-order chi connectivity index (χ0) is 10.3. The van der Waals surface area contributed by atoms with Crippen LogP contribution in [0.4, 0.5) is 0 Å². The van der Waals surface area contributed by atoms with Crippen LogP contribution < -0.4 is 5.32 Å². The summed E-state index contributed by atoms with van der Waals surface area (Å²) in [5.41, 5.74) is 0. The Balaban J connectivity index is 3.81. The average Bonchev–Trinajstić information content (AvgIpc) is 2.02. The Morgan fingerprint density at radius 1 is 1.54 bits per heavy atom. The number of hydrogen-bond acceptors (Lipinski definition) is 1. The van der Waals surface area contributed by atoms with Crippen LogP contribution in [0.15, 0.2) is 0 Å². The number of hydrogen-bond donors (Lipinski definition) is 1. The number of carbonyl (C=O) groups is 1. The van der Waals surface area contributed by atoms with Crippen molar-refractivity contribution in [1.29, 1.82) is 0 Å². The Bertz CT molecular complexity index is 191. The summed E-state index contributed by atoms with van der Waals surface area (Å²) in [6.45, 7) is 6.09. The van der Waals surface area contributed by atoms with E-state index >= 15 is 0 Å². The molecule has 0 aromatic carbocycles. The third-order valence-electron chi connectivity index (χ3n) is 1.71. The van der Waals surface area contributed by atoms with Gasteiger partial charge < -0.3 is 5.32 Å². The van der Waals surface area contributed by atoms with Gasteiger partial charge in [-0.15, -0.1) is 6.42 Å². The van der Waals surface area contributed by atoms with Gasteiger partial charge in [-0.1, -0.05) is 33.1 Å². The summed E-state index contributed by atoms with van der Waals surface area (Å²) >= 11 is 0. The highest BCUT2D eigenvalue weighted by Gasteiger charge is 2.09. The maximum atomic E-state index is 11.3. The van der Waals surface area contributed by atoms with E-state index in [-0.39, 0.29) is 11.9 Å². The molecule has 2 heteroatoms. The molecule has 0 aliphatic carbocycles. The van der Waals surface area contributed by atoms with Crippen molar-refractivity contribution in [3.8, 4) is 12.3 Å². The Kier molecular flexibility index (Phi) is 6.05. The van der Waals surface area contributed by atoms with Crippen LogP contribution in [-0.2, 0) is 4.79 Å². The minimum Gasteiger partial charge on any atom is -0.342 e. The average molecular weight is 181 g/mol. The largest absolute Gasteiger partial charge is 0.342 e. The van der Waals surface area contributed by atoms with Crippen LogP contribution >= 0.6 is 0 Å². The van der Waals surface area contributed by atoms with Crippen LogP contribution in [0.5, 0.6) is 0 Å². The summed E-state index contributed by atoms with van der Waals surface area (Å²) in [7, 11) is 0. The molecule has 0 aliphatic heterocycles. The molecule has 0 aromatic rings. The van der Waals surface area contributed by atoms with Crippen molar-refractivity contribution in [2.45, 2.75) is 46.1 Å². The normalized spacial score (nSPS) is 12.2. The summed E-state index contributed by atoms with van der Waals surface area (Å²) in [5, 5.41) is 2.82. The molecule has 1 amide bonds. The molecule has 0 heterocycles. The van der Waals surface area contributed by atoms with E-state index in [0.29, 0.717) is 12.3 Å². The second-order valence-electron chi connectivity index (χ2n) is 3.67. The number of amides is 1. The van der Waals surface area contributed by atoms with Gasteiger partial charge in [0.05, 0.1) is 6.04 Å². The van der Waals surface area contributed by atoms with E-state index in [9.17, 15) is 4.79 Å². The van der Waals surface area contributed by atoms with Gasteiger partial charge in [-0.25, -0.2) is 0 Å². The van der Waals surface area contributed by atoms with Crippen LogP contribution in [0.25, 0.3) is 0 Å². The maximum Gasteiger partial charge on any atom is 0.221 e. The Labute approximate surface area is 81.1 Å². The number of nitrogens with one attached hydrogen (secondary N) is 1. The quantitative estimate of drug-likeness (QED) is 0.645. The lowest BCUT2D eigenvalue weighted by Crippen LogP contribution is -2.34. The lowest BCUT2D eigenvalue weighted by atomic mass is 10.1. The topological polar surface area (TPSA) is 29.1 Å². The number of carbonyl (C=O) groups excluding carboxylic acids is 1. The van der Waals surface area contributed by atoms with Crippen LogP contribution in [0.1, 0.15) is 40.0 Å². The van der Waals surface area contributed by atoms with E-state index in [1.54, 1.807) is 0 Å². The monoisotopic (exact) mass is 181 g/mol. The third-order valence-corrected chi connectivity index (χ3v) is 1.71. The molecule has 0 saturated heterocycles. The van der Waals surface area contributed by atoms with Gasteiger partial charge in [-0.05, 0) is 12.3 Å². The summed E-state index contributed by atoms with van der Waals surface area (Å²) in [5.74, 6) is 3.03. The number of rotatable bonds is 5. The second kappa shape index (κ2) is 6.54. The van der Waals surface area contributed by atoms with E-state index in [1.165, 1.54) is 0 Å². The predicted octanol–water partition coefficient (Wildman–Crippen LogP) is 1.95. The molecule has 0 spiro atoms. The van der Waals surface area contributed by atoms with Crippen LogP contribution in [0.2, 0.25) is 0 Å². The van der Waals surface area contributed by atoms with E-state index in [2.05, 4.69) is 18.2 Å². The fourth-order valence-electron chi connectivity index (χ4n) is 1.11. The Morgan fingerprint density at radius 3 is 2.54 bits per heavy atom. The van der Waals surface area contributed by atoms with Crippen molar-refractivity contribution in [2.75, 3.05) is 0 Å². The first kappa shape index (κ1) is 12.0. The highest BCUT2D eigenvalue weighted by atomic mass is 16.1. The fraction of sp³-hybridized carbons (Fsp3) is 0.727. The van der Waals surface area contributed by atoms with Crippen LogP contribution in [-0.4, -0.2) is 11.9 Å². The van der Waals surface area contributed by atoms with Crippen LogP contribution in [0.3, 0.4) is 0 Å². The molecule has 74 valence electrons. The zero-order valence-electron chi connectivity index (χ0n) is 8.76. The molecule has 1 N–H and O–H groups in total. The summed E-state index contributed by atoms with van der Waals surface area (Å²) < 4.78 is 0. The molecular formula is C11H19NO. The first-order valence-corrected chi connectivity index (χ1v) is 4.85.